The minimum absolute atomic E-state index is 0.141. The largest absolute Gasteiger partial charge is 0.798 e. The number of fused-ring (bicyclic) bond motifs is 1. The molecule has 0 radical (unpaired) electrons. The summed E-state index contributed by atoms with van der Waals surface area (Å²) in [6.07, 6.45) is 1.01. The van der Waals surface area contributed by atoms with Crippen LogP contribution in [0.3, 0.4) is 0 Å². The SMILES string of the molecule is CCN(CP(=O)([O-])C1Cc2ccccc2C1)C(C)=O. The van der Waals surface area contributed by atoms with Crippen molar-refractivity contribution in [3.05, 3.63) is 35.4 Å². The Morgan fingerprint density at radius 1 is 1.37 bits per heavy atom. The molecule has 1 aromatic rings. The van der Waals surface area contributed by atoms with E-state index in [1.807, 2.05) is 24.3 Å². The number of hydrogen-bond donors (Lipinski definition) is 0. The van der Waals surface area contributed by atoms with Crippen molar-refractivity contribution in [1.82, 2.24) is 4.90 Å². The Kier molecular flexibility index (Phi) is 4.12. The van der Waals surface area contributed by atoms with Crippen molar-refractivity contribution in [2.45, 2.75) is 32.3 Å². The molecule has 1 unspecified atom stereocenters. The van der Waals surface area contributed by atoms with Crippen molar-refractivity contribution in [3.63, 3.8) is 0 Å². The van der Waals surface area contributed by atoms with Crippen molar-refractivity contribution >= 4 is 13.3 Å². The summed E-state index contributed by atoms with van der Waals surface area (Å²) in [5.41, 5.74) is 1.88. The molecule has 0 saturated carbocycles. The fourth-order valence-electron chi connectivity index (χ4n) is 2.59. The molecule has 1 aliphatic rings. The molecular weight excluding hydrogens is 261 g/mol. The van der Waals surface area contributed by atoms with Crippen LogP contribution in [-0.4, -0.2) is 29.3 Å². The minimum atomic E-state index is -3.59. The highest BCUT2D eigenvalue weighted by atomic mass is 31.2. The average molecular weight is 280 g/mol. The van der Waals surface area contributed by atoms with E-state index in [-0.39, 0.29) is 17.9 Å². The van der Waals surface area contributed by atoms with E-state index >= 15 is 0 Å². The van der Waals surface area contributed by atoms with E-state index in [9.17, 15) is 14.3 Å². The van der Waals surface area contributed by atoms with Gasteiger partial charge in [0.2, 0.25) is 5.91 Å². The highest BCUT2D eigenvalue weighted by Crippen LogP contribution is 2.48. The monoisotopic (exact) mass is 280 g/mol. The molecule has 0 fully saturated rings. The number of rotatable bonds is 4. The normalized spacial score (nSPS) is 17.8. The van der Waals surface area contributed by atoms with Gasteiger partial charge in [0.15, 0.2) is 0 Å². The maximum atomic E-state index is 12.4. The van der Waals surface area contributed by atoms with E-state index < -0.39 is 7.37 Å². The van der Waals surface area contributed by atoms with Gasteiger partial charge in [0.1, 0.15) is 0 Å². The molecular formula is C14H19NO3P-. The molecule has 0 heterocycles. The summed E-state index contributed by atoms with van der Waals surface area (Å²) in [6.45, 7) is 3.64. The van der Waals surface area contributed by atoms with Gasteiger partial charge in [0, 0.05) is 26.5 Å². The molecule has 1 atom stereocenters. The first-order valence-corrected chi connectivity index (χ1v) is 8.44. The summed E-state index contributed by atoms with van der Waals surface area (Å²) in [5.74, 6) is -0.186. The zero-order chi connectivity index (χ0) is 14.0. The van der Waals surface area contributed by atoms with Crippen molar-refractivity contribution < 1.29 is 14.3 Å². The van der Waals surface area contributed by atoms with Crippen LogP contribution in [0.2, 0.25) is 0 Å². The second kappa shape index (κ2) is 5.48. The smallest absolute Gasteiger partial charge is 0.219 e. The second-order valence-corrected chi connectivity index (χ2v) is 7.54. The molecule has 19 heavy (non-hydrogen) atoms. The van der Waals surface area contributed by atoms with Gasteiger partial charge in [-0.3, -0.25) is 4.79 Å². The number of benzene rings is 1. The first-order chi connectivity index (χ1) is 8.94. The molecule has 104 valence electrons. The van der Waals surface area contributed by atoms with E-state index in [1.54, 1.807) is 6.92 Å². The molecule has 0 bridgehead atoms. The van der Waals surface area contributed by atoms with Gasteiger partial charge in [-0.2, -0.15) is 0 Å². The summed E-state index contributed by atoms with van der Waals surface area (Å²) >= 11 is 0. The second-order valence-electron chi connectivity index (χ2n) is 5.07. The Labute approximate surface area is 113 Å². The summed E-state index contributed by atoms with van der Waals surface area (Å²) in [5, 5.41) is 0. The molecule has 5 heteroatoms. The van der Waals surface area contributed by atoms with Gasteiger partial charge in [-0.05, 0) is 30.9 Å². The van der Waals surface area contributed by atoms with E-state index in [0.29, 0.717) is 19.4 Å². The highest BCUT2D eigenvalue weighted by Gasteiger charge is 2.31. The van der Waals surface area contributed by atoms with Gasteiger partial charge in [0.05, 0.1) is 6.29 Å². The molecule has 4 nitrogen and oxygen atoms in total. The molecule has 2 rings (SSSR count). The lowest BCUT2D eigenvalue weighted by Gasteiger charge is -2.34. The Morgan fingerprint density at radius 3 is 2.32 bits per heavy atom. The summed E-state index contributed by atoms with van der Waals surface area (Å²) < 4.78 is 12.4. The maximum Gasteiger partial charge on any atom is 0.219 e. The standard InChI is InChI=1S/C14H20NO3P/c1-3-15(11(2)16)10-19(17,18)14-8-12-6-4-5-7-13(12)9-14/h4-7,14H,3,8-10H2,1-2H3,(H,17,18)/p-1. The van der Waals surface area contributed by atoms with Crippen molar-refractivity contribution in [2.75, 3.05) is 12.8 Å². The lowest BCUT2D eigenvalue weighted by Crippen LogP contribution is -2.34. The van der Waals surface area contributed by atoms with Gasteiger partial charge >= 0.3 is 0 Å². The third kappa shape index (κ3) is 3.07. The van der Waals surface area contributed by atoms with Crippen LogP contribution >= 0.6 is 7.37 Å². The number of nitrogens with zero attached hydrogens (tertiary/aromatic N) is 1. The van der Waals surface area contributed by atoms with Gasteiger partial charge in [0.25, 0.3) is 0 Å². The van der Waals surface area contributed by atoms with Crippen LogP contribution in [0.25, 0.3) is 0 Å². The molecule has 0 saturated heterocycles. The Bertz CT molecular complexity index is 504. The van der Waals surface area contributed by atoms with Gasteiger partial charge in [-0.15, -0.1) is 0 Å². The summed E-state index contributed by atoms with van der Waals surface area (Å²) in [6, 6.07) is 7.84. The predicted molar refractivity (Wildman–Crippen MR) is 73.2 cm³/mol. The lowest BCUT2D eigenvalue weighted by atomic mass is 10.1. The first-order valence-electron chi connectivity index (χ1n) is 6.56. The predicted octanol–water partition coefficient (Wildman–Crippen LogP) is 1.62. The lowest BCUT2D eigenvalue weighted by molar-refractivity contribution is -0.180. The van der Waals surface area contributed by atoms with Crippen LogP contribution in [0.5, 0.6) is 0 Å². The molecule has 0 aliphatic heterocycles. The van der Waals surface area contributed by atoms with E-state index in [2.05, 4.69) is 0 Å². The summed E-state index contributed by atoms with van der Waals surface area (Å²) in [4.78, 5) is 25.1. The van der Waals surface area contributed by atoms with Crippen molar-refractivity contribution in [2.24, 2.45) is 0 Å². The fraction of sp³-hybridized carbons (Fsp3) is 0.500. The third-order valence-electron chi connectivity index (χ3n) is 3.78. The molecule has 0 N–H and O–H groups in total. The number of hydrogen-bond acceptors (Lipinski definition) is 3. The Morgan fingerprint density at radius 2 is 1.89 bits per heavy atom. The molecule has 0 spiro atoms. The van der Waals surface area contributed by atoms with E-state index in [4.69, 9.17) is 0 Å². The fourth-order valence-corrected chi connectivity index (χ4v) is 4.65. The van der Waals surface area contributed by atoms with Crippen molar-refractivity contribution in [3.8, 4) is 0 Å². The Hall–Kier alpha value is -1.12. The maximum absolute atomic E-state index is 12.4. The highest BCUT2D eigenvalue weighted by molar-refractivity contribution is 7.57. The third-order valence-corrected chi connectivity index (χ3v) is 5.99. The molecule has 1 amide bonds. The number of amides is 1. The molecule has 0 aromatic heterocycles. The quantitative estimate of drug-likeness (QED) is 0.787. The van der Waals surface area contributed by atoms with Crippen LogP contribution in [0.1, 0.15) is 25.0 Å². The molecule has 1 aromatic carbocycles. The number of carbonyl (C=O) groups excluding carboxylic acids is 1. The van der Waals surface area contributed by atoms with Crippen LogP contribution in [0, 0.1) is 0 Å². The zero-order valence-electron chi connectivity index (χ0n) is 11.3. The zero-order valence-corrected chi connectivity index (χ0v) is 12.2. The summed E-state index contributed by atoms with van der Waals surface area (Å²) in [7, 11) is -3.59. The van der Waals surface area contributed by atoms with Crippen LogP contribution < -0.4 is 4.89 Å². The van der Waals surface area contributed by atoms with Crippen molar-refractivity contribution in [1.29, 1.82) is 0 Å². The van der Waals surface area contributed by atoms with Crippen LogP contribution in [0.4, 0.5) is 0 Å². The van der Waals surface area contributed by atoms with Gasteiger partial charge in [-0.1, -0.05) is 24.3 Å². The average Bonchev–Trinajstić information content (AvgIpc) is 2.80. The van der Waals surface area contributed by atoms with Gasteiger partial charge < -0.3 is 14.4 Å². The van der Waals surface area contributed by atoms with Gasteiger partial charge in [-0.25, -0.2) is 0 Å². The molecule has 1 aliphatic carbocycles. The minimum Gasteiger partial charge on any atom is -0.798 e. The first kappa shape index (κ1) is 14.3. The number of carbonyl (C=O) groups is 1. The topological polar surface area (TPSA) is 60.4 Å². The van der Waals surface area contributed by atoms with E-state index in [1.165, 1.54) is 11.8 Å². The van der Waals surface area contributed by atoms with Crippen LogP contribution in [0.15, 0.2) is 24.3 Å². The van der Waals surface area contributed by atoms with E-state index in [0.717, 1.165) is 11.1 Å². The Balaban J connectivity index is 2.10. The van der Waals surface area contributed by atoms with Crippen LogP contribution in [-0.2, 0) is 22.2 Å².